The highest BCUT2D eigenvalue weighted by molar-refractivity contribution is 5.93. The molecule has 1 fully saturated rings. The number of hydrogen-bond donors (Lipinski definition) is 3. The maximum absolute atomic E-state index is 12.5. The fourth-order valence-corrected chi connectivity index (χ4v) is 3.98. The second kappa shape index (κ2) is 9.32. The second-order valence-corrected chi connectivity index (χ2v) is 7.75. The number of nitrogens with zero attached hydrogens (tertiary/aromatic N) is 1. The number of likely N-dealkylation sites (tertiary alicyclic amines) is 1. The Balaban J connectivity index is 1.38. The highest BCUT2D eigenvalue weighted by Crippen LogP contribution is 2.32. The van der Waals surface area contributed by atoms with E-state index >= 15 is 0 Å². The lowest BCUT2D eigenvalue weighted by atomic mass is 10.1. The number of ether oxygens (including phenoxy) is 2. The van der Waals surface area contributed by atoms with E-state index in [9.17, 15) is 14.7 Å². The van der Waals surface area contributed by atoms with Crippen LogP contribution in [-0.4, -0.2) is 46.9 Å². The second-order valence-electron chi connectivity index (χ2n) is 7.75. The van der Waals surface area contributed by atoms with Crippen LogP contribution in [0.5, 0.6) is 11.5 Å². The van der Waals surface area contributed by atoms with Crippen LogP contribution in [0.2, 0.25) is 0 Å². The van der Waals surface area contributed by atoms with Gasteiger partial charge in [-0.2, -0.15) is 0 Å². The van der Waals surface area contributed by atoms with Crippen molar-refractivity contribution < 1.29 is 19.4 Å². The third kappa shape index (κ3) is 4.66. The predicted octanol–water partition coefficient (Wildman–Crippen LogP) is 1.77. The zero-order chi connectivity index (χ0) is 20.9. The normalized spacial score (nSPS) is 18.8. The van der Waals surface area contributed by atoms with Gasteiger partial charge in [-0.25, -0.2) is 0 Å². The Hall–Kier alpha value is -2.84. The molecule has 2 aromatic rings. The minimum atomic E-state index is -0.427. The number of carbonyl (C=O) groups excluding carboxylic acids is 1. The largest absolute Gasteiger partial charge is 0.454 e. The molecule has 0 saturated carbocycles. The number of fused-ring (bicyclic) bond motifs is 1. The Bertz CT molecular complexity index is 958. The summed E-state index contributed by atoms with van der Waals surface area (Å²) in [5, 5.41) is 12.4. The molecule has 1 amide bonds. The SMILES string of the molecule is O=C(NCc1ccc2c(c1)OCO2)c1ccc(CN2CCCCCC2CO)[nH]c1=O. The molecule has 0 spiro atoms. The smallest absolute Gasteiger partial charge is 0.261 e. The molecule has 1 unspecified atom stereocenters. The molecule has 2 aliphatic rings. The van der Waals surface area contributed by atoms with Crippen LogP contribution in [0.3, 0.4) is 0 Å². The van der Waals surface area contributed by atoms with Crippen molar-refractivity contribution in [2.75, 3.05) is 19.9 Å². The van der Waals surface area contributed by atoms with E-state index in [2.05, 4.69) is 15.2 Å². The van der Waals surface area contributed by atoms with Gasteiger partial charge < -0.3 is 24.9 Å². The fraction of sp³-hybridized carbons (Fsp3) is 0.455. The number of aliphatic hydroxyl groups excluding tert-OH is 1. The molecule has 8 nitrogen and oxygen atoms in total. The lowest BCUT2D eigenvalue weighted by Crippen LogP contribution is -2.38. The maximum atomic E-state index is 12.5. The van der Waals surface area contributed by atoms with Crippen LogP contribution >= 0.6 is 0 Å². The zero-order valence-electron chi connectivity index (χ0n) is 16.9. The van der Waals surface area contributed by atoms with Crippen LogP contribution in [0, 0.1) is 0 Å². The standard InChI is InChI=1S/C22H27N3O5/c26-13-17-4-2-1-3-9-25(17)12-16-6-7-18(22(28)24-16)21(27)23-11-15-5-8-19-20(10-15)30-14-29-19/h5-8,10,17,26H,1-4,9,11-14H2,(H,23,27)(H,24,28). The highest BCUT2D eigenvalue weighted by atomic mass is 16.7. The van der Waals surface area contributed by atoms with Crippen LogP contribution < -0.4 is 20.3 Å². The molecule has 1 saturated heterocycles. The molecule has 1 aromatic heterocycles. The summed E-state index contributed by atoms with van der Waals surface area (Å²) >= 11 is 0. The molecule has 3 heterocycles. The van der Waals surface area contributed by atoms with Crippen LogP contribution in [0.1, 0.15) is 47.3 Å². The van der Waals surface area contributed by atoms with E-state index in [0.29, 0.717) is 18.0 Å². The van der Waals surface area contributed by atoms with E-state index in [1.807, 2.05) is 12.1 Å². The maximum Gasteiger partial charge on any atom is 0.261 e. The summed E-state index contributed by atoms with van der Waals surface area (Å²) in [6.45, 7) is 2.04. The molecule has 1 atom stereocenters. The summed E-state index contributed by atoms with van der Waals surface area (Å²) in [7, 11) is 0. The van der Waals surface area contributed by atoms with Crippen LogP contribution in [0.25, 0.3) is 0 Å². The summed E-state index contributed by atoms with van der Waals surface area (Å²) in [4.78, 5) is 30.0. The molecule has 4 rings (SSSR count). The number of aromatic nitrogens is 1. The monoisotopic (exact) mass is 413 g/mol. The summed E-state index contributed by atoms with van der Waals surface area (Å²) in [5.74, 6) is 0.909. The minimum absolute atomic E-state index is 0.0778. The van der Waals surface area contributed by atoms with Gasteiger partial charge in [0.2, 0.25) is 6.79 Å². The predicted molar refractivity (Wildman–Crippen MR) is 111 cm³/mol. The minimum Gasteiger partial charge on any atom is -0.454 e. The Morgan fingerprint density at radius 2 is 2.03 bits per heavy atom. The molecule has 0 bridgehead atoms. The average Bonchev–Trinajstić information content (AvgIpc) is 3.10. The van der Waals surface area contributed by atoms with Crippen molar-refractivity contribution in [3.8, 4) is 11.5 Å². The van der Waals surface area contributed by atoms with Crippen molar-refractivity contribution in [2.24, 2.45) is 0 Å². The quantitative estimate of drug-likeness (QED) is 0.667. The Labute approximate surface area is 174 Å². The van der Waals surface area contributed by atoms with Gasteiger partial charge in [0.1, 0.15) is 5.56 Å². The van der Waals surface area contributed by atoms with Crippen LogP contribution in [-0.2, 0) is 13.1 Å². The Kier molecular flexibility index (Phi) is 6.35. The molecule has 1 aromatic carbocycles. The number of pyridine rings is 1. The van der Waals surface area contributed by atoms with Gasteiger partial charge in [0.25, 0.3) is 11.5 Å². The first kappa shape index (κ1) is 20.4. The van der Waals surface area contributed by atoms with E-state index in [1.54, 1.807) is 18.2 Å². The van der Waals surface area contributed by atoms with Crippen molar-refractivity contribution in [1.29, 1.82) is 0 Å². The first-order valence-corrected chi connectivity index (χ1v) is 10.4. The summed E-state index contributed by atoms with van der Waals surface area (Å²) in [5.41, 5.74) is 1.27. The van der Waals surface area contributed by atoms with Gasteiger partial charge in [-0.1, -0.05) is 18.9 Å². The third-order valence-corrected chi connectivity index (χ3v) is 5.69. The average molecular weight is 413 g/mol. The molecular weight excluding hydrogens is 386 g/mol. The molecule has 160 valence electrons. The third-order valence-electron chi connectivity index (χ3n) is 5.69. The van der Waals surface area contributed by atoms with E-state index < -0.39 is 11.5 Å². The molecule has 0 aliphatic carbocycles. The van der Waals surface area contributed by atoms with Gasteiger partial charge in [0.05, 0.1) is 6.61 Å². The lowest BCUT2D eigenvalue weighted by molar-refractivity contribution is 0.0949. The Morgan fingerprint density at radius 3 is 2.87 bits per heavy atom. The number of benzene rings is 1. The van der Waals surface area contributed by atoms with Crippen molar-refractivity contribution in [1.82, 2.24) is 15.2 Å². The summed E-state index contributed by atoms with van der Waals surface area (Å²) in [6, 6.07) is 8.91. The molecular formula is C22H27N3O5. The van der Waals surface area contributed by atoms with Gasteiger partial charge in [0, 0.05) is 24.8 Å². The number of carbonyl (C=O) groups is 1. The van der Waals surface area contributed by atoms with Crippen molar-refractivity contribution in [3.63, 3.8) is 0 Å². The van der Waals surface area contributed by atoms with Gasteiger partial charge in [0.15, 0.2) is 11.5 Å². The topological polar surface area (TPSA) is 104 Å². The van der Waals surface area contributed by atoms with Crippen molar-refractivity contribution in [3.05, 3.63) is 57.5 Å². The number of hydrogen-bond acceptors (Lipinski definition) is 6. The van der Waals surface area contributed by atoms with Gasteiger partial charge >= 0.3 is 0 Å². The Morgan fingerprint density at radius 1 is 1.17 bits per heavy atom. The van der Waals surface area contributed by atoms with Crippen molar-refractivity contribution in [2.45, 2.75) is 44.8 Å². The van der Waals surface area contributed by atoms with E-state index in [0.717, 1.165) is 43.5 Å². The van der Waals surface area contributed by atoms with Gasteiger partial charge in [-0.3, -0.25) is 14.5 Å². The first-order chi connectivity index (χ1) is 14.6. The number of nitrogens with one attached hydrogen (secondary N) is 2. The highest BCUT2D eigenvalue weighted by Gasteiger charge is 2.21. The van der Waals surface area contributed by atoms with E-state index in [4.69, 9.17) is 9.47 Å². The van der Waals surface area contributed by atoms with Gasteiger partial charge in [-0.05, 0) is 49.2 Å². The summed E-state index contributed by atoms with van der Waals surface area (Å²) < 4.78 is 10.6. The van der Waals surface area contributed by atoms with Crippen LogP contribution in [0.4, 0.5) is 0 Å². The number of H-pyrrole nitrogens is 1. The number of amides is 1. The molecule has 30 heavy (non-hydrogen) atoms. The first-order valence-electron chi connectivity index (χ1n) is 10.4. The van der Waals surface area contributed by atoms with E-state index in [-0.39, 0.29) is 31.5 Å². The molecule has 0 radical (unpaired) electrons. The number of aliphatic hydroxyl groups is 1. The number of rotatable bonds is 6. The fourth-order valence-electron chi connectivity index (χ4n) is 3.98. The molecule has 3 N–H and O–H groups in total. The lowest BCUT2D eigenvalue weighted by Gasteiger charge is -2.28. The van der Waals surface area contributed by atoms with Crippen LogP contribution in [0.15, 0.2) is 35.1 Å². The molecule has 8 heteroatoms. The zero-order valence-corrected chi connectivity index (χ0v) is 16.9. The van der Waals surface area contributed by atoms with Gasteiger partial charge in [-0.15, -0.1) is 0 Å². The van der Waals surface area contributed by atoms with E-state index in [1.165, 1.54) is 0 Å². The molecule has 2 aliphatic heterocycles. The summed E-state index contributed by atoms with van der Waals surface area (Å²) in [6.07, 6.45) is 4.31. The van der Waals surface area contributed by atoms with Crippen molar-refractivity contribution >= 4 is 5.91 Å². The number of aromatic amines is 1.